The third-order valence-electron chi connectivity index (χ3n) is 5.06. The second kappa shape index (κ2) is 11.8. The molecule has 2 N–H and O–H groups in total. The van der Waals surface area contributed by atoms with E-state index in [1.807, 2.05) is 48.5 Å². The summed E-state index contributed by atoms with van der Waals surface area (Å²) in [6.45, 7) is 5.25. The van der Waals surface area contributed by atoms with Crippen molar-refractivity contribution < 1.29 is 14.3 Å². The molecular weight excluding hydrogens is 420 g/mol. The van der Waals surface area contributed by atoms with Gasteiger partial charge in [0.1, 0.15) is 23.8 Å². The third-order valence-corrected chi connectivity index (χ3v) is 5.06. The minimum Gasteiger partial charge on any atom is -0.497 e. The molecule has 0 aliphatic carbocycles. The quantitative estimate of drug-likeness (QED) is 0.463. The number of aromatic nitrogens is 3. The lowest BCUT2D eigenvalue weighted by Crippen LogP contribution is -2.27. The Morgan fingerprint density at radius 1 is 1.09 bits per heavy atom. The number of carbonyl (C=O) groups excluding carboxylic acids is 1. The van der Waals surface area contributed by atoms with E-state index in [1.165, 1.54) is 0 Å². The summed E-state index contributed by atoms with van der Waals surface area (Å²) < 4.78 is 11.0. The predicted octanol–water partition coefficient (Wildman–Crippen LogP) is 3.51. The SMILES string of the molecule is COc1cccc(COc2ccc(-c3nnc(CCC(=O)NCCC(C)C)c(=O)[nH]3)cc2)c1. The number of rotatable bonds is 11. The first-order valence-corrected chi connectivity index (χ1v) is 11.0. The molecule has 8 heteroatoms. The van der Waals surface area contributed by atoms with E-state index in [-0.39, 0.29) is 30.0 Å². The molecule has 0 aliphatic rings. The Labute approximate surface area is 193 Å². The first-order valence-electron chi connectivity index (χ1n) is 11.0. The second-order valence-corrected chi connectivity index (χ2v) is 8.15. The van der Waals surface area contributed by atoms with Crippen LogP contribution >= 0.6 is 0 Å². The molecule has 0 bridgehead atoms. The normalized spacial score (nSPS) is 10.8. The maximum absolute atomic E-state index is 12.4. The van der Waals surface area contributed by atoms with Crippen LogP contribution in [0.1, 0.15) is 37.9 Å². The summed E-state index contributed by atoms with van der Waals surface area (Å²) in [5, 5.41) is 11.0. The fourth-order valence-corrected chi connectivity index (χ4v) is 3.11. The maximum atomic E-state index is 12.4. The highest BCUT2D eigenvalue weighted by Gasteiger charge is 2.10. The van der Waals surface area contributed by atoms with Gasteiger partial charge in [0, 0.05) is 24.9 Å². The minimum absolute atomic E-state index is 0.0922. The van der Waals surface area contributed by atoms with Crippen LogP contribution in [-0.4, -0.2) is 34.7 Å². The molecule has 1 aromatic heterocycles. The highest BCUT2D eigenvalue weighted by molar-refractivity contribution is 5.76. The van der Waals surface area contributed by atoms with Crippen LogP contribution in [0.3, 0.4) is 0 Å². The van der Waals surface area contributed by atoms with Gasteiger partial charge in [-0.2, -0.15) is 0 Å². The van der Waals surface area contributed by atoms with Gasteiger partial charge in [-0.05, 0) is 54.3 Å². The van der Waals surface area contributed by atoms with Gasteiger partial charge in [-0.3, -0.25) is 9.59 Å². The first kappa shape index (κ1) is 24.0. The van der Waals surface area contributed by atoms with Crippen LogP contribution in [0.5, 0.6) is 11.5 Å². The molecule has 1 amide bonds. The van der Waals surface area contributed by atoms with Gasteiger partial charge in [-0.1, -0.05) is 26.0 Å². The Balaban J connectivity index is 1.54. The van der Waals surface area contributed by atoms with Crippen LogP contribution in [0.2, 0.25) is 0 Å². The van der Waals surface area contributed by atoms with Crippen molar-refractivity contribution in [2.75, 3.05) is 13.7 Å². The topological polar surface area (TPSA) is 106 Å². The molecule has 1 heterocycles. The van der Waals surface area contributed by atoms with Crippen molar-refractivity contribution in [3.05, 3.63) is 70.1 Å². The monoisotopic (exact) mass is 450 g/mol. The standard InChI is InChI=1S/C25H30N4O4/c1-17(2)13-14-26-23(30)12-11-22-25(31)27-24(29-28-22)19-7-9-20(10-8-19)33-16-18-5-4-6-21(15-18)32-3/h4-10,15,17H,11-14,16H2,1-3H3,(H,26,30)(H,27,29,31). The van der Waals surface area contributed by atoms with Crippen molar-refractivity contribution in [3.8, 4) is 22.9 Å². The number of aryl methyl sites for hydroxylation is 1. The number of nitrogens with zero attached hydrogens (tertiary/aromatic N) is 2. The lowest BCUT2D eigenvalue weighted by atomic mass is 10.1. The van der Waals surface area contributed by atoms with Gasteiger partial charge in [-0.25, -0.2) is 0 Å². The molecule has 3 rings (SSSR count). The fourth-order valence-electron chi connectivity index (χ4n) is 3.11. The van der Waals surface area contributed by atoms with Gasteiger partial charge in [0.2, 0.25) is 5.91 Å². The Hall–Kier alpha value is -3.68. The predicted molar refractivity (Wildman–Crippen MR) is 126 cm³/mol. The molecular formula is C25H30N4O4. The summed E-state index contributed by atoms with van der Waals surface area (Å²) in [5.41, 5.74) is 1.62. The zero-order chi connectivity index (χ0) is 23.6. The summed E-state index contributed by atoms with van der Waals surface area (Å²) >= 11 is 0. The van der Waals surface area contributed by atoms with Crippen LogP contribution in [0.25, 0.3) is 11.4 Å². The zero-order valence-electron chi connectivity index (χ0n) is 19.3. The number of hydrogen-bond donors (Lipinski definition) is 2. The molecule has 0 saturated heterocycles. The Morgan fingerprint density at radius 2 is 1.88 bits per heavy atom. The van der Waals surface area contributed by atoms with Crippen LogP contribution in [0.15, 0.2) is 53.3 Å². The molecule has 3 aromatic rings. The molecule has 0 radical (unpaired) electrons. The van der Waals surface area contributed by atoms with Crippen molar-refractivity contribution in [1.29, 1.82) is 0 Å². The van der Waals surface area contributed by atoms with Crippen LogP contribution < -0.4 is 20.3 Å². The van der Waals surface area contributed by atoms with E-state index in [0.29, 0.717) is 36.2 Å². The van der Waals surface area contributed by atoms with Crippen molar-refractivity contribution in [2.45, 2.75) is 39.7 Å². The van der Waals surface area contributed by atoms with E-state index in [0.717, 1.165) is 17.7 Å². The fraction of sp³-hybridized carbons (Fsp3) is 0.360. The summed E-state index contributed by atoms with van der Waals surface area (Å²) in [6.07, 6.45) is 1.37. The summed E-state index contributed by atoms with van der Waals surface area (Å²) in [5.74, 6) is 2.27. The van der Waals surface area contributed by atoms with E-state index < -0.39 is 0 Å². The van der Waals surface area contributed by atoms with Crippen LogP contribution in [-0.2, 0) is 17.8 Å². The van der Waals surface area contributed by atoms with Gasteiger partial charge < -0.3 is 19.8 Å². The number of amides is 1. The number of methoxy groups -OCH3 is 1. The maximum Gasteiger partial charge on any atom is 0.273 e. The number of H-pyrrole nitrogens is 1. The molecule has 0 fully saturated rings. The number of hydrogen-bond acceptors (Lipinski definition) is 6. The summed E-state index contributed by atoms with van der Waals surface area (Å²) in [6, 6.07) is 14.9. The van der Waals surface area contributed by atoms with Crippen molar-refractivity contribution in [1.82, 2.24) is 20.5 Å². The first-order chi connectivity index (χ1) is 15.9. The molecule has 174 valence electrons. The van der Waals surface area contributed by atoms with Gasteiger partial charge in [-0.15, -0.1) is 10.2 Å². The van der Waals surface area contributed by atoms with Crippen LogP contribution in [0, 0.1) is 5.92 Å². The minimum atomic E-state index is -0.340. The Kier molecular flexibility index (Phi) is 8.57. The van der Waals surface area contributed by atoms with Gasteiger partial charge in [0.15, 0.2) is 5.82 Å². The molecule has 0 aliphatic heterocycles. The highest BCUT2D eigenvalue weighted by atomic mass is 16.5. The molecule has 0 unspecified atom stereocenters. The smallest absolute Gasteiger partial charge is 0.273 e. The molecule has 0 saturated carbocycles. The molecule has 8 nitrogen and oxygen atoms in total. The van der Waals surface area contributed by atoms with E-state index in [2.05, 4.69) is 34.3 Å². The molecule has 33 heavy (non-hydrogen) atoms. The number of benzene rings is 2. The summed E-state index contributed by atoms with van der Waals surface area (Å²) in [7, 11) is 1.63. The molecule has 2 aromatic carbocycles. The number of nitrogens with one attached hydrogen (secondary N) is 2. The number of carbonyl (C=O) groups is 1. The van der Waals surface area contributed by atoms with Crippen molar-refractivity contribution in [3.63, 3.8) is 0 Å². The van der Waals surface area contributed by atoms with Crippen molar-refractivity contribution >= 4 is 5.91 Å². The van der Waals surface area contributed by atoms with Gasteiger partial charge in [0.25, 0.3) is 5.56 Å². The van der Waals surface area contributed by atoms with Gasteiger partial charge in [0.05, 0.1) is 7.11 Å². The average molecular weight is 451 g/mol. The van der Waals surface area contributed by atoms with E-state index in [4.69, 9.17) is 9.47 Å². The Morgan fingerprint density at radius 3 is 2.58 bits per heavy atom. The lowest BCUT2D eigenvalue weighted by molar-refractivity contribution is -0.121. The molecule has 0 atom stereocenters. The Bertz CT molecular complexity index is 1110. The van der Waals surface area contributed by atoms with E-state index in [1.54, 1.807) is 7.11 Å². The van der Waals surface area contributed by atoms with Gasteiger partial charge >= 0.3 is 0 Å². The highest BCUT2D eigenvalue weighted by Crippen LogP contribution is 2.20. The van der Waals surface area contributed by atoms with Crippen LogP contribution in [0.4, 0.5) is 0 Å². The third kappa shape index (κ3) is 7.45. The number of aromatic amines is 1. The van der Waals surface area contributed by atoms with E-state index in [9.17, 15) is 9.59 Å². The van der Waals surface area contributed by atoms with E-state index >= 15 is 0 Å². The largest absolute Gasteiger partial charge is 0.497 e. The second-order valence-electron chi connectivity index (χ2n) is 8.15. The summed E-state index contributed by atoms with van der Waals surface area (Å²) in [4.78, 5) is 27.0. The van der Waals surface area contributed by atoms with Crippen molar-refractivity contribution in [2.24, 2.45) is 5.92 Å². The lowest BCUT2D eigenvalue weighted by Gasteiger charge is -2.08. The zero-order valence-corrected chi connectivity index (χ0v) is 19.3. The molecule has 0 spiro atoms. The average Bonchev–Trinajstić information content (AvgIpc) is 2.82. The number of ether oxygens (including phenoxy) is 2.